The molecule has 20 heavy (non-hydrogen) atoms. The average molecular weight is 290 g/mol. The number of carbonyl (C=O) groups is 1. The second kappa shape index (κ2) is 6.00. The summed E-state index contributed by atoms with van der Waals surface area (Å²) in [6.07, 6.45) is 1.49. The molecule has 0 radical (unpaired) electrons. The number of nitrogen functional groups attached to an aromatic ring is 1. The molecule has 0 fully saturated rings. The van der Waals surface area contributed by atoms with E-state index in [1.807, 2.05) is 32.2 Å². The molecule has 2 heterocycles. The molecule has 3 N–H and O–H groups in total. The Bertz CT molecular complexity index is 621. The number of nitrogens with one attached hydrogen (secondary N) is 1. The number of hydrogen-bond donors (Lipinski definition) is 2. The van der Waals surface area contributed by atoms with E-state index in [1.165, 1.54) is 11.8 Å². The number of aromatic nitrogens is 2. The van der Waals surface area contributed by atoms with Crippen LogP contribution in [0.25, 0.3) is 0 Å². The van der Waals surface area contributed by atoms with E-state index in [1.54, 1.807) is 11.3 Å². The van der Waals surface area contributed by atoms with Crippen LogP contribution in [0.3, 0.4) is 0 Å². The van der Waals surface area contributed by atoms with E-state index in [-0.39, 0.29) is 17.5 Å². The predicted octanol–water partition coefficient (Wildman–Crippen LogP) is 2.48. The third-order valence-electron chi connectivity index (χ3n) is 2.94. The van der Waals surface area contributed by atoms with Crippen molar-refractivity contribution in [2.45, 2.75) is 33.2 Å². The summed E-state index contributed by atoms with van der Waals surface area (Å²) in [5.74, 6) is 0.512. The van der Waals surface area contributed by atoms with Crippen molar-refractivity contribution in [2.75, 3.05) is 5.73 Å². The number of rotatable bonds is 4. The summed E-state index contributed by atoms with van der Waals surface area (Å²) >= 11 is 1.62. The molecule has 2 aromatic heterocycles. The standard InChI is InChI=1S/C14H18N4OS/c1-8(2)13-16-6-10(15)12(18-13)14(19)17-7-11-9(3)4-5-20-11/h4-6,8H,7,15H2,1-3H3,(H,17,19). The Morgan fingerprint density at radius 1 is 1.50 bits per heavy atom. The first-order chi connectivity index (χ1) is 9.49. The molecule has 0 atom stereocenters. The Morgan fingerprint density at radius 3 is 2.85 bits per heavy atom. The van der Waals surface area contributed by atoms with Gasteiger partial charge in [-0.05, 0) is 23.9 Å². The maximum absolute atomic E-state index is 12.2. The highest BCUT2D eigenvalue weighted by Crippen LogP contribution is 2.16. The van der Waals surface area contributed by atoms with Crippen molar-refractivity contribution in [1.82, 2.24) is 15.3 Å². The largest absolute Gasteiger partial charge is 0.396 e. The SMILES string of the molecule is Cc1ccsc1CNC(=O)c1nc(C(C)C)ncc1N. The lowest BCUT2D eigenvalue weighted by molar-refractivity contribution is 0.0947. The Hall–Kier alpha value is -1.95. The van der Waals surface area contributed by atoms with E-state index < -0.39 is 0 Å². The van der Waals surface area contributed by atoms with Crippen molar-refractivity contribution >= 4 is 22.9 Å². The number of amides is 1. The zero-order valence-electron chi connectivity index (χ0n) is 11.8. The van der Waals surface area contributed by atoms with Crippen molar-refractivity contribution in [3.63, 3.8) is 0 Å². The van der Waals surface area contributed by atoms with Gasteiger partial charge in [-0.1, -0.05) is 13.8 Å². The van der Waals surface area contributed by atoms with Crippen molar-refractivity contribution in [3.05, 3.63) is 39.6 Å². The monoisotopic (exact) mass is 290 g/mol. The van der Waals surface area contributed by atoms with Crippen molar-refractivity contribution in [1.29, 1.82) is 0 Å². The van der Waals surface area contributed by atoms with Gasteiger partial charge < -0.3 is 11.1 Å². The fraction of sp³-hybridized carbons (Fsp3) is 0.357. The minimum absolute atomic E-state index is 0.154. The van der Waals surface area contributed by atoms with Crippen LogP contribution in [0.2, 0.25) is 0 Å². The number of hydrogen-bond acceptors (Lipinski definition) is 5. The number of anilines is 1. The van der Waals surface area contributed by atoms with Gasteiger partial charge in [0.05, 0.1) is 18.4 Å². The minimum atomic E-state index is -0.264. The Kier molecular flexibility index (Phi) is 4.34. The smallest absolute Gasteiger partial charge is 0.272 e. The van der Waals surface area contributed by atoms with Gasteiger partial charge in [-0.25, -0.2) is 9.97 Å². The van der Waals surface area contributed by atoms with Crippen molar-refractivity contribution in [2.24, 2.45) is 0 Å². The summed E-state index contributed by atoms with van der Waals surface area (Å²) in [4.78, 5) is 21.7. The normalized spacial score (nSPS) is 10.8. The highest BCUT2D eigenvalue weighted by Gasteiger charge is 2.15. The van der Waals surface area contributed by atoms with Crippen LogP contribution in [-0.4, -0.2) is 15.9 Å². The molecule has 0 aliphatic carbocycles. The molecule has 5 nitrogen and oxygen atoms in total. The summed E-state index contributed by atoms with van der Waals surface area (Å²) in [5, 5.41) is 4.86. The van der Waals surface area contributed by atoms with Crippen LogP contribution in [-0.2, 0) is 6.54 Å². The van der Waals surface area contributed by atoms with Crippen LogP contribution in [0, 0.1) is 6.92 Å². The maximum atomic E-state index is 12.2. The predicted molar refractivity (Wildman–Crippen MR) is 80.8 cm³/mol. The first-order valence-corrected chi connectivity index (χ1v) is 7.30. The third-order valence-corrected chi connectivity index (χ3v) is 3.97. The molecule has 2 aromatic rings. The summed E-state index contributed by atoms with van der Waals surface area (Å²) in [7, 11) is 0. The summed E-state index contributed by atoms with van der Waals surface area (Å²) in [5.41, 5.74) is 7.51. The molecule has 0 saturated carbocycles. The number of aryl methyl sites for hydroxylation is 1. The van der Waals surface area contributed by atoms with Gasteiger partial charge in [-0.15, -0.1) is 11.3 Å². The van der Waals surface area contributed by atoms with E-state index >= 15 is 0 Å². The van der Waals surface area contributed by atoms with Gasteiger partial charge in [0.1, 0.15) is 5.82 Å². The second-order valence-electron chi connectivity index (χ2n) is 4.90. The zero-order chi connectivity index (χ0) is 14.7. The third kappa shape index (κ3) is 3.14. The topological polar surface area (TPSA) is 80.9 Å². The van der Waals surface area contributed by atoms with E-state index in [9.17, 15) is 4.79 Å². The molecule has 0 unspecified atom stereocenters. The molecule has 2 rings (SSSR count). The Labute approximate surface area is 122 Å². The summed E-state index contributed by atoms with van der Waals surface area (Å²) in [6, 6.07) is 2.03. The quantitative estimate of drug-likeness (QED) is 0.906. The molecule has 0 aromatic carbocycles. The highest BCUT2D eigenvalue weighted by molar-refractivity contribution is 7.10. The van der Waals surface area contributed by atoms with Gasteiger partial charge in [0.15, 0.2) is 5.69 Å². The molecule has 0 saturated heterocycles. The van der Waals surface area contributed by atoms with Gasteiger partial charge in [0.2, 0.25) is 0 Å². The van der Waals surface area contributed by atoms with Gasteiger partial charge in [0, 0.05) is 10.8 Å². The average Bonchev–Trinajstić information content (AvgIpc) is 2.81. The Balaban J connectivity index is 2.13. The fourth-order valence-corrected chi connectivity index (χ4v) is 2.54. The molecule has 0 aliphatic rings. The Morgan fingerprint density at radius 2 is 2.25 bits per heavy atom. The summed E-state index contributed by atoms with van der Waals surface area (Å²) in [6.45, 7) is 6.46. The minimum Gasteiger partial charge on any atom is -0.396 e. The number of nitrogens with zero attached hydrogens (tertiary/aromatic N) is 2. The molecule has 0 spiro atoms. The van der Waals surface area contributed by atoms with Gasteiger partial charge in [-0.2, -0.15) is 0 Å². The van der Waals surface area contributed by atoms with Crippen LogP contribution in [0.4, 0.5) is 5.69 Å². The van der Waals surface area contributed by atoms with Gasteiger partial charge in [0.25, 0.3) is 5.91 Å². The molecule has 106 valence electrons. The molecule has 0 aliphatic heterocycles. The molecule has 0 bridgehead atoms. The number of carbonyl (C=O) groups excluding carboxylic acids is 1. The fourth-order valence-electron chi connectivity index (χ4n) is 1.69. The van der Waals surface area contributed by atoms with E-state index in [0.29, 0.717) is 18.1 Å². The van der Waals surface area contributed by atoms with Crippen LogP contribution in [0.15, 0.2) is 17.6 Å². The van der Waals surface area contributed by atoms with Crippen molar-refractivity contribution < 1.29 is 4.79 Å². The van der Waals surface area contributed by atoms with Crippen LogP contribution < -0.4 is 11.1 Å². The van der Waals surface area contributed by atoms with Gasteiger partial charge in [-0.3, -0.25) is 4.79 Å². The molecular formula is C14H18N4OS. The number of nitrogens with two attached hydrogens (primary N) is 1. The van der Waals surface area contributed by atoms with Crippen LogP contribution in [0.5, 0.6) is 0 Å². The first kappa shape index (κ1) is 14.5. The molecule has 1 amide bonds. The zero-order valence-corrected chi connectivity index (χ0v) is 12.6. The number of thiophene rings is 1. The van der Waals surface area contributed by atoms with Crippen molar-refractivity contribution in [3.8, 4) is 0 Å². The lowest BCUT2D eigenvalue weighted by Crippen LogP contribution is -2.25. The lowest BCUT2D eigenvalue weighted by Gasteiger charge is -2.09. The van der Waals surface area contributed by atoms with E-state index in [4.69, 9.17) is 5.73 Å². The van der Waals surface area contributed by atoms with Crippen LogP contribution >= 0.6 is 11.3 Å². The first-order valence-electron chi connectivity index (χ1n) is 6.42. The van der Waals surface area contributed by atoms with Crippen LogP contribution in [0.1, 0.15) is 46.5 Å². The van der Waals surface area contributed by atoms with Gasteiger partial charge >= 0.3 is 0 Å². The highest BCUT2D eigenvalue weighted by atomic mass is 32.1. The molecular weight excluding hydrogens is 272 g/mol. The second-order valence-corrected chi connectivity index (χ2v) is 5.90. The van der Waals surface area contributed by atoms with E-state index in [2.05, 4.69) is 15.3 Å². The summed E-state index contributed by atoms with van der Waals surface area (Å²) < 4.78 is 0. The van der Waals surface area contributed by atoms with E-state index in [0.717, 1.165) is 4.88 Å². The molecule has 6 heteroatoms. The maximum Gasteiger partial charge on any atom is 0.272 e. The lowest BCUT2D eigenvalue weighted by atomic mass is 10.2.